The van der Waals surface area contributed by atoms with Crippen LogP contribution in [0.1, 0.15) is 42.0 Å². The molecule has 33 heavy (non-hydrogen) atoms. The van der Waals surface area contributed by atoms with Gasteiger partial charge in [0.05, 0.1) is 11.8 Å². The van der Waals surface area contributed by atoms with Crippen LogP contribution in [0.3, 0.4) is 0 Å². The number of nitrogens with one attached hydrogen (secondary N) is 1. The van der Waals surface area contributed by atoms with Crippen LogP contribution in [-0.4, -0.2) is 22.5 Å². The smallest absolute Gasteiger partial charge is 0.243 e. The molecule has 1 heterocycles. The molecule has 3 aromatic rings. The highest BCUT2D eigenvalue weighted by molar-refractivity contribution is 9.10. The first-order valence-electron chi connectivity index (χ1n) is 10.7. The van der Waals surface area contributed by atoms with Crippen molar-refractivity contribution in [3.63, 3.8) is 0 Å². The molecule has 0 aromatic heterocycles. The lowest BCUT2D eigenvalue weighted by Crippen LogP contribution is -2.28. The van der Waals surface area contributed by atoms with Crippen molar-refractivity contribution in [2.24, 2.45) is 5.10 Å². The molecule has 5 nitrogen and oxygen atoms in total. The van der Waals surface area contributed by atoms with Crippen molar-refractivity contribution in [2.45, 2.75) is 32.2 Å². The van der Waals surface area contributed by atoms with E-state index in [4.69, 9.17) is 0 Å². The number of rotatable bonds is 6. The summed E-state index contributed by atoms with van der Waals surface area (Å²) < 4.78 is 1.93. The molecule has 0 saturated heterocycles. The molecule has 0 aliphatic carbocycles. The van der Waals surface area contributed by atoms with E-state index in [0.29, 0.717) is 6.42 Å². The summed E-state index contributed by atoms with van der Waals surface area (Å²) in [5.74, 6) is -0.361. The lowest BCUT2D eigenvalue weighted by molar-refractivity contribution is -0.134. The van der Waals surface area contributed by atoms with Crippen LogP contribution in [0.2, 0.25) is 0 Å². The normalized spacial score (nSPS) is 15.3. The zero-order valence-electron chi connectivity index (χ0n) is 18.1. The summed E-state index contributed by atoms with van der Waals surface area (Å²) in [6.07, 6.45) is 0.788. The molecule has 1 unspecified atom stereocenters. The van der Waals surface area contributed by atoms with Gasteiger partial charge in [0.2, 0.25) is 11.8 Å². The molecule has 1 atom stereocenters. The maximum absolute atomic E-state index is 13.2. The number of benzene rings is 3. The topological polar surface area (TPSA) is 61.8 Å². The summed E-state index contributed by atoms with van der Waals surface area (Å²) >= 11 is 6.98. The lowest BCUT2D eigenvalue weighted by atomic mass is 9.98. The second-order valence-corrected chi connectivity index (χ2v) is 9.76. The maximum atomic E-state index is 13.2. The molecule has 0 radical (unpaired) electrons. The molecule has 0 bridgehead atoms. The number of hydrazone groups is 1. The molecule has 168 valence electrons. The Kier molecular flexibility index (Phi) is 7.40. The molecule has 3 aromatic carbocycles. The third-order valence-electron chi connectivity index (χ3n) is 5.56. The fraction of sp³-hybridized carbons (Fsp3) is 0.192. The summed E-state index contributed by atoms with van der Waals surface area (Å²) in [6, 6.07) is 23.2. The molecule has 1 aliphatic rings. The van der Waals surface area contributed by atoms with Crippen molar-refractivity contribution < 1.29 is 9.59 Å². The van der Waals surface area contributed by atoms with Gasteiger partial charge in [-0.3, -0.25) is 9.59 Å². The zero-order valence-corrected chi connectivity index (χ0v) is 21.3. The van der Waals surface area contributed by atoms with E-state index in [0.717, 1.165) is 37.0 Å². The molecular weight excluding hydrogens is 546 g/mol. The van der Waals surface area contributed by atoms with E-state index in [1.165, 1.54) is 0 Å². The molecule has 4 rings (SSSR count). The van der Waals surface area contributed by atoms with Gasteiger partial charge in [-0.2, -0.15) is 5.10 Å². The molecule has 0 spiro atoms. The molecule has 2 amide bonds. The Hall–Kier alpha value is -2.77. The fourth-order valence-corrected chi connectivity index (χ4v) is 4.47. The van der Waals surface area contributed by atoms with Crippen LogP contribution in [-0.2, 0) is 9.59 Å². The lowest BCUT2D eigenvalue weighted by Gasteiger charge is -2.22. The Labute approximate surface area is 210 Å². The predicted octanol–water partition coefficient (Wildman–Crippen LogP) is 6.62. The average molecular weight is 569 g/mol. The highest BCUT2D eigenvalue weighted by Gasteiger charge is 2.33. The number of carbonyl (C=O) groups is 2. The average Bonchev–Trinajstić information content (AvgIpc) is 3.25. The van der Waals surface area contributed by atoms with Crippen molar-refractivity contribution in [1.82, 2.24) is 5.01 Å². The molecule has 0 saturated carbocycles. The largest absolute Gasteiger partial charge is 0.326 e. The molecule has 1 N–H and O–H groups in total. The number of amides is 2. The molecule has 7 heteroatoms. The Balaban J connectivity index is 1.50. The first kappa shape index (κ1) is 23.4. The van der Waals surface area contributed by atoms with Gasteiger partial charge in [-0.1, -0.05) is 74.3 Å². The van der Waals surface area contributed by atoms with Gasteiger partial charge in [-0.05, 0) is 53.9 Å². The Morgan fingerprint density at radius 1 is 0.970 bits per heavy atom. The molecular formula is C26H23Br2N3O2. The van der Waals surface area contributed by atoms with Gasteiger partial charge in [0.15, 0.2) is 0 Å². The van der Waals surface area contributed by atoms with E-state index in [1.807, 2.05) is 79.7 Å². The molecule has 1 aliphatic heterocycles. The minimum Gasteiger partial charge on any atom is -0.326 e. The summed E-state index contributed by atoms with van der Waals surface area (Å²) in [6.45, 7) is 1.94. The van der Waals surface area contributed by atoms with Crippen LogP contribution >= 0.6 is 31.9 Å². The van der Waals surface area contributed by atoms with Crippen LogP contribution in [0.4, 0.5) is 5.69 Å². The van der Waals surface area contributed by atoms with Crippen LogP contribution < -0.4 is 5.32 Å². The minimum atomic E-state index is -0.215. The van der Waals surface area contributed by atoms with Crippen molar-refractivity contribution in [3.05, 3.63) is 98.4 Å². The van der Waals surface area contributed by atoms with Gasteiger partial charge in [0.25, 0.3) is 0 Å². The number of hydrogen-bond donors (Lipinski definition) is 1. The van der Waals surface area contributed by atoms with Gasteiger partial charge >= 0.3 is 0 Å². The van der Waals surface area contributed by atoms with Gasteiger partial charge in [-0.15, -0.1) is 0 Å². The van der Waals surface area contributed by atoms with Crippen LogP contribution in [0.15, 0.2) is 86.8 Å². The zero-order chi connectivity index (χ0) is 23.4. The highest BCUT2D eigenvalue weighted by atomic mass is 79.9. The Morgan fingerprint density at radius 3 is 2.45 bits per heavy atom. The van der Waals surface area contributed by atoms with E-state index in [-0.39, 0.29) is 30.7 Å². The number of nitrogens with zero attached hydrogens (tertiary/aromatic N) is 2. The highest BCUT2D eigenvalue weighted by Crippen LogP contribution is 2.34. The predicted molar refractivity (Wildman–Crippen MR) is 138 cm³/mol. The number of carbonyl (C=O) groups excluding carboxylic acids is 2. The number of halogens is 2. The van der Waals surface area contributed by atoms with Crippen molar-refractivity contribution >= 4 is 55.1 Å². The van der Waals surface area contributed by atoms with Gasteiger partial charge in [0, 0.05) is 33.9 Å². The number of hydrogen-bond acceptors (Lipinski definition) is 3. The second-order valence-electron chi connectivity index (χ2n) is 7.93. The quantitative estimate of drug-likeness (QED) is 0.363. The first-order chi connectivity index (χ1) is 15.9. The monoisotopic (exact) mass is 567 g/mol. The maximum Gasteiger partial charge on any atom is 0.243 e. The Bertz CT molecular complexity index is 1210. The Morgan fingerprint density at radius 2 is 1.73 bits per heavy atom. The van der Waals surface area contributed by atoms with Crippen molar-refractivity contribution in [1.29, 1.82) is 0 Å². The SMILES string of the molecule is Cc1ccccc1NC(=O)CCC(=O)N1N=C(c2ccc(Br)cc2)CC1c1cccc(Br)c1. The second kappa shape index (κ2) is 10.4. The van der Waals surface area contributed by atoms with E-state index >= 15 is 0 Å². The third kappa shape index (κ3) is 5.78. The van der Waals surface area contributed by atoms with Gasteiger partial charge in [0.1, 0.15) is 0 Å². The number of anilines is 1. The third-order valence-corrected chi connectivity index (χ3v) is 6.58. The van der Waals surface area contributed by atoms with E-state index < -0.39 is 0 Å². The van der Waals surface area contributed by atoms with Gasteiger partial charge < -0.3 is 5.32 Å². The summed E-state index contributed by atoms with van der Waals surface area (Å²) in [5, 5.41) is 9.12. The summed E-state index contributed by atoms with van der Waals surface area (Å²) in [4.78, 5) is 25.7. The fourth-order valence-electron chi connectivity index (χ4n) is 3.79. The molecule has 0 fully saturated rings. The van der Waals surface area contributed by atoms with Crippen LogP contribution in [0.5, 0.6) is 0 Å². The van der Waals surface area contributed by atoms with Crippen molar-refractivity contribution in [2.75, 3.05) is 5.32 Å². The summed E-state index contributed by atoms with van der Waals surface area (Å²) in [5.41, 5.74) is 4.57. The number of para-hydroxylation sites is 1. The van der Waals surface area contributed by atoms with Crippen molar-refractivity contribution in [3.8, 4) is 0 Å². The number of aryl methyl sites for hydroxylation is 1. The van der Waals surface area contributed by atoms with Crippen LogP contribution in [0, 0.1) is 6.92 Å². The van der Waals surface area contributed by atoms with Gasteiger partial charge in [-0.25, -0.2) is 5.01 Å². The minimum absolute atomic E-state index is 0.0827. The first-order valence-corrected chi connectivity index (χ1v) is 12.3. The van der Waals surface area contributed by atoms with E-state index in [9.17, 15) is 9.59 Å². The van der Waals surface area contributed by atoms with E-state index in [2.05, 4.69) is 42.3 Å². The van der Waals surface area contributed by atoms with E-state index in [1.54, 1.807) is 5.01 Å². The van der Waals surface area contributed by atoms with Crippen LogP contribution in [0.25, 0.3) is 0 Å². The standard InChI is InChI=1S/C26H23Br2N3O2/c1-17-5-2-3-8-22(17)29-25(32)13-14-26(33)31-24(19-6-4-7-21(28)15-19)16-23(30-31)18-9-11-20(27)12-10-18/h2-12,15,24H,13-14,16H2,1H3,(H,29,32). The summed E-state index contributed by atoms with van der Waals surface area (Å²) in [7, 11) is 0.